The monoisotopic (exact) mass is 554 g/mol. The molecule has 0 saturated heterocycles. The second-order valence-corrected chi connectivity index (χ2v) is 9.70. The fourth-order valence-electron chi connectivity index (χ4n) is 3.76. The lowest BCUT2D eigenvalue weighted by Gasteiger charge is -2.22. The van der Waals surface area contributed by atoms with Crippen molar-refractivity contribution in [1.29, 1.82) is 0 Å². The first-order valence-electron chi connectivity index (χ1n) is 14.3. The van der Waals surface area contributed by atoms with E-state index in [4.69, 9.17) is 22.9 Å². The predicted octanol–water partition coefficient (Wildman–Crippen LogP) is -0.259. The molecule has 39 heavy (non-hydrogen) atoms. The molecule has 0 aliphatic carbocycles. The lowest BCUT2D eigenvalue weighted by Crippen LogP contribution is -2.35. The molecule has 3 amide bonds. The Labute approximate surface area is 234 Å². The molecule has 0 heterocycles. The van der Waals surface area contributed by atoms with E-state index in [1.54, 1.807) is 4.90 Å². The molecule has 0 aromatic carbocycles. The van der Waals surface area contributed by atoms with E-state index < -0.39 is 0 Å². The van der Waals surface area contributed by atoms with E-state index in [0.717, 1.165) is 45.2 Å². The molecular formula is C26H54N10O3. The average molecular weight is 555 g/mol. The summed E-state index contributed by atoms with van der Waals surface area (Å²) in [7, 11) is 0. The molecule has 0 aliphatic heterocycles. The fraction of sp³-hybridized carbons (Fsp3) is 0.808. The summed E-state index contributed by atoms with van der Waals surface area (Å²) in [6.45, 7) is 8.70. The number of carbonyl (C=O) groups excluding carboxylic acids is 3. The van der Waals surface area contributed by atoms with Gasteiger partial charge in [-0.2, -0.15) is 0 Å². The fourth-order valence-corrected chi connectivity index (χ4v) is 3.76. The van der Waals surface area contributed by atoms with Crippen LogP contribution in [0.5, 0.6) is 0 Å². The van der Waals surface area contributed by atoms with Crippen molar-refractivity contribution in [1.82, 2.24) is 20.9 Å². The highest BCUT2D eigenvalue weighted by Crippen LogP contribution is 2.09. The van der Waals surface area contributed by atoms with Gasteiger partial charge < -0.3 is 43.8 Å². The number of nitrogens with two attached hydrogens (primary N) is 4. The zero-order valence-corrected chi connectivity index (χ0v) is 24.2. The molecule has 1 unspecified atom stereocenters. The molecule has 0 aliphatic rings. The summed E-state index contributed by atoms with van der Waals surface area (Å²) < 4.78 is 0. The minimum absolute atomic E-state index is 0.0131. The Hall–Kier alpha value is -3.09. The maximum atomic E-state index is 12.7. The van der Waals surface area contributed by atoms with E-state index in [-0.39, 0.29) is 48.4 Å². The normalized spacial score (nSPS) is 11.3. The van der Waals surface area contributed by atoms with Crippen molar-refractivity contribution in [2.75, 3.05) is 52.4 Å². The van der Waals surface area contributed by atoms with Gasteiger partial charge in [0.1, 0.15) is 0 Å². The number of nitrogens with one attached hydrogen (secondary N) is 3. The molecule has 13 nitrogen and oxygen atoms in total. The highest BCUT2D eigenvalue weighted by Gasteiger charge is 2.15. The zero-order chi connectivity index (χ0) is 29.3. The van der Waals surface area contributed by atoms with E-state index in [1.165, 1.54) is 6.42 Å². The highest BCUT2D eigenvalue weighted by molar-refractivity contribution is 5.83. The summed E-state index contributed by atoms with van der Waals surface area (Å²) >= 11 is 0. The number of nitrogens with zero attached hydrogens (tertiary/aromatic N) is 3. The van der Waals surface area contributed by atoms with Crippen LogP contribution in [0, 0.1) is 5.92 Å². The van der Waals surface area contributed by atoms with Gasteiger partial charge in [0, 0.05) is 58.0 Å². The van der Waals surface area contributed by atoms with Gasteiger partial charge in [-0.3, -0.25) is 24.4 Å². The van der Waals surface area contributed by atoms with Crippen LogP contribution < -0.4 is 38.9 Å². The molecule has 0 aromatic heterocycles. The van der Waals surface area contributed by atoms with Crippen LogP contribution in [-0.4, -0.2) is 86.9 Å². The Bertz CT molecular complexity index is 713. The number of rotatable bonds is 24. The van der Waals surface area contributed by atoms with Gasteiger partial charge in [0.15, 0.2) is 11.9 Å². The molecule has 0 aromatic rings. The second-order valence-electron chi connectivity index (χ2n) is 9.70. The summed E-state index contributed by atoms with van der Waals surface area (Å²) in [4.78, 5) is 46.5. The molecule has 0 rings (SSSR count). The minimum Gasteiger partial charge on any atom is -0.370 e. The second kappa shape index (κ2) is 24.0. The largest absolute Gasteiger partial charge is 0.370 e. The van der Waals surface area contributed by atoms with Gasteiger partial charge in [-0.15, -0.1) is 0 Å². The summed E-state index contributed by atoms with van der Waals surface area (Å²) in [6, 6.07) is 0. The number of aliphatic imine (C=N–C) groups is 2. The number of unbranched alkanes of at least 4 members (excludes halogenated alkanes) is 2. The first-order valence-corrected chi connectivity index (χ1v) is 14.3. The Morgan fingerprint density at radius 3 is 1.85 bits per heavy atom. The Morgan fingerprint density at radius 2 is 1.31 bits per heavy atom. The molecule has 0 radical (unpaired) electrons. The number of hydrogen-bond donors (Lipinski definition) is 7. The summed E-state index contributed by atoms with van der Waals surface area (Å²) in [6.07, 6.45) is 7.47. The standard InChI is InChI=1S/C26H54N10O3/c1-3-4-5-10-21(2)24(39)33-16-7-14-31-13-6-15-32-22(37)11-12-23(38)36(19-8-17-34-25(27)28)20-9-18-35-26(29)30/h21,31H,3-20H2,1-2H3,(H,32,37)(H,33,39)(H4,27,28,34)(H4,29,30,35). The van der Waals surface area contributed by atoms with Crippen LogP contribution in [0.25, 0.3) is 0 Å². The molecular weight excluding hydrogens is 500 g/mol. The number of guanidine groups is 2. The highest BCUT2D eigenvalue weighted by atomic mass is 16.2. The van der Waals surface area contributed by atoms with E-state index in [9.17, 15) is 14.4 Å². The number of hydrogen-bond acceptors (Lipinski definition) is 6. The molecule has 13 heteroatoms. The van der Waals surface area contributed by atoms with Crippen molar-refractivity contribution in [3.8, 4) is 0 Å². The van der Waals surface area contributed by atoms with Crippen molar-refractivity contribution < 1.29 is 14.4 Å². The Balaban J connectivity index is 4.03. The van der Waals surface area contributed by atoms with Gasteiger partial charge >= 0.3 is 0 Å². The van der Waals surface area contributed by atoms with Gasteiger partial charge in [0.25, 0.3) is 0 Å². The maximum absolute atomic E-state index is 12.7. The number of carbonyl (C=O) groups is 3. The quantitative estimate of drug-likeness (QED) is 0.0477. The molecule has 0 fully saturated rings. The predicted molar refractivity (Wildman–Crippen MR) is 158 cm³/mol. The van der Waals surface area contributed by atoms with Crippen molar-refractivity contribution >= 4 is 29.6 Å². The van der Waals surface area contributed by atoms with Crippen molar-refractivity contribution in [3.05, 3.63) is 0 Å². The van der Waals surface area contributed by atoms with Gasteiger partial charge in [0.05, 0.1) is 0 Å². The third kappa shape index (κ3) is 22.6. The first-order chi connectivity index (χ1) is 18.7. The molecule has 0 spiro atoms. The van der Waals surface area contributed by atoms with Crippen molar-refractivity contribution in [2.24, 2.45) is 38.8 Å². The van der Waals surface area contributed by atoms with E-state index in [0.29, 0.717) is 52.1 Å². The van der Waals surface area contributed by atoms with Crippen molar-refractivity contribution in [2.45, 2.75) is 78.1 Å². The smallest absolute Gasteiger partial charge is 0.223 e. The number of amides is 3. The van der Waals surface area contributed by atoms with Crippen LogP contribution in [0.2, 0.25) is 0 Å². The van der Waals surface area contributed by atoms with E-state index in [1.807, 2.05) is 6.92 Å². The van der Waals surface area contributed by atoms with Crippen LogP contribution >= 0.6 is 0 Å². The lowest BCUT2D eigenvalue weighted by atomic mass is 10.0. The zero-order valence-electron chi connectivity index (χ0n) is 24.2. The van der Waals surface area contributed by atoms with Crippen LogP contribution in [0.4, 0.5) is 0 Å². The maximum Gasteiger partial charge on any atom is 0.223 e. The Kier molecular flexibility index (Phi) is 22.1. The molecule has 226 valence electrons. The minimum atomic E-state index is -0.153. The summed E-state index contributed by atoms with van der Waals surface area (Å²) in [5.74, 6) is -0.0345. The van der Waals surface area contributed by atoms with Crippen LogP contribution in [0.15, 0.2) is 9.98 Å². The summed E-state index contributed by atoms with van der Waals surface area (Å²) in [5.41, 5.74) is 21.4. The average Bonchev–Trinajstić information content (AvgIpc) is 2.89. The van der Waals surface area contributed by atoms with Gasteiger partial charge in [0.2, 0.25) is 17.7 Å². The molecule has 0 bridgehead atoms. The molecule has 1 atom stereocenters. The van der Waals surface area contributed by atoms with Crippen LogP contribution in [0.1, 0.15) is 78.1 Å². The first kappa shape index (κ1) is 35.9. The van der Waals surface area contributed by atoms with Crippen LogP contribution in [0.3, 0.4) is 0 Å². The Morgan fingerprint density at radius 1 is 0.744 bits per heavy atom. The SMILES string of the molecule is CCCCCC(C)C(=O)NCCCNCCCNC(=O)CCC(=O)N(CCCN=C(N)N)CCCN=C(N)N. The third-order valence-electron chi connectivity index (χ3n) is 6.05. The van der Waals surface area contributed by atoms with E-state index >= 15 is 0 Å². The van der Waals surface area contributed by atoms with Gasteiger partial charge in [-0.25, -0.2) is 0 Å². The van der Waals surface area contributed by atoms with Gasteiger partial charge in [-0.1, -0.05) is 33.1 Å². The molecule has 11 N–H and O–H groups in total. The van der Waals surface area contributed by atoms with Gasteiger partial charge in [-0.05, 0) is 45.2 Å². The topological polar surface area (TPSA) is 219 Å². The third-order valence-corrected chi connectivity index (χ3v) is 6.05. The van der Waals surface area contributed by atoms with E-state index in [2.05, 4.69) is 32.9 Å². The lowest BCUT2D eigenvalue weighted by molar-refractivity contribution is -0.133. The van der Waals surface area contributed by atoms with Crippen LogP contribution in [-0.2, 0) is 14.4 Å². The molecule has 0 saturated carbocycles. The summed E-state index contributed by atoms with van der Waals surface area (Å²) in [5, 5.41) is 9.17. The van der Waals surface area contributed by atoms with Crippen molar-refractivity contribution in [3.63, 3.8) is 0 Å².